The van der Waals surface area contributed by atoms with E-state index >= 15 is 0 Å². The molecular formula is C11H25NO. The summed E-state index contributed by atoms with van der Waals surface area (Å²) in [5, 5.41) is 0. The number of rotatable bonds is 6. The molecule has 0 aliphatic carbocycles. The van der Waals surface area contributed by atoms with E-state index in [1.165, 1.54) is 0 Å². The fourth-order valence-corrected chi connectivity index (χ4v) is 2.01. The number of hydrogen-bond donors (Lipinski definition) is 1. The molecule has 0 saturated heterocycles. The summed E-state index contributed by atoms with van der Waals surface area (Å²) >= 11 is 0. The quantitative estimate of drug-likeness (QED) is 0.693. The summed E-state index contributed by atoms with van der Waals surface area (Å²) in [5.74, 6) is 0.640. The van der Waals surface area contributed by atoms with Gasteiger partial charge in [-0.2, -0.15) is 0 Å². The summed E-state index contributed by atoms with van der Waals surface area (Å²) in [6.07, 6.45) is 2.17. The third-order valence-corrected chi connectivity index (χ3v) is 2.15. The first-order valence-corrected chi connectivity index (χ1v) is 5.27. The number of nitrogens with two attached hydrogens (primary N) is 1. The van der Waals surface area contributed by atoms with Gasteiger partial charge in [0.1, 0.15) is 0 Å². The monoisotopic (exact) mass is 187 g/mol. The van der Waals surface area contributed by atoms with E-state index in [4.69, 9.17) is 10.5 Å². The molecule has 2 nitrogen and oxygen atoms in total. The topological polar surface area (TPSA) is 35.2 Å². The van der Waals surface area contributed by atoms with E-state index in [1.54, 1.807) is 0 Å². The highest BCUT2D eigenvalue weighted by molar-refractivity contribution is 4.73. The molecule has 0 aromatic carbocycles. The second kappa shape index (κ2) is 5.61. The fourth-order valence-electron chi connectivity index (χ4n) is 2.01. The second-order valence-corrected chi connectivity index (χ2v) is 4.71. The average Bonchev–Trinajstić information content (AvgIpc) is 1.81. The van der Waals surface area contributed by atoms with Crippen LogP contribution < -0.4 is 5.73 Å². The maximum atomic E-state index is 5.75. The third kappa shape index (κ3) is 7.03. The lowest BCUT2D eigenvalue weighted by Gasteiger charge is -2.28. The lowest BCUT2D eigenvalue weighted by molar-refractivity contribution is -0.0268. The molecule has 0 aromatic heterocycles. The smallest absolute Gasteiger partial charge is 0.0628 e. The van der Waals surface area contributed by atoms with Gasteiger partial charge in [-0.1, -0.05) is 6.92 Å². The summed E-state index contributed by atoms with van der Waals surface area (Å²) in [4.78, 5) is 0. The van der Waals surface area contributed by atoms with Crippen molar-refractivity contribution < 1.29 is 4.74 Å². The van der Waals surface area contributed by atoms with Crippen molar-refractivity contribution in [2.24, 2.45) is 11.7 Å². The van der Waals surface area contributed by atoms with Gasteiger partial charge >= 0.3 is 0 Å². The Morgan fingerprint density at radius 3 is 2.23 bits per heavy atom. The van der Waals surface area contributed by atoms with E-state index in [0.29, 0.717) is 12.0 Å². The summed E-state index contributed by atoms with van der Waals surface area (Å²) in [6, 6.07) is 0.299. The van der Waals surface area contributed by atoms with Gasteiger partial charge in [0.25, 0.3) is 0 Å². The molecule has 0 radical (unpaired) electrons. The van der Waals surface area contributed by atoms with E-state index in [0.717, 1.165) is 19.4 Å². The molecule has 0 amide bonds. The Balaban J connectivity index is 3.81. The number of ether oxygens (including phenoxy) is 1. The van der Waals surface area contributed by atoms with Crippen LogP contribution in [-0.4, -0.2) is 18.2 Å². The second-order valence-electron chi connectivity index (χ2n) is 4.71. The normalized spacial score (nSPS) is 17.1. The minimum Gasteiger partial charge on any atom is -0.376 e. The Morgan fingerprint density at radius 2 is 1.85 bits per heavy atom. The first-order chi connectivity index (χ1) is 5.87. The summed E-state index contributed by atoms with van der Waals surface area (Å²) in [5.41, 5.74) is 5.75. The van der Waals surface area contributed by atoms with Crippen molar-refractivity contribution in [2.75, 3.05) is 6.61 Å². The Labute approximate surface area is 82.8 Å². The number of hydrogen-bond acceptors (Lipinski definition) is 2. The van der Waals surface area contributed by atoms with Crippen molar-refractivity contribution in [3.63, 3.8) is 0 Å². The van der Waals surface area contributed by atoms with Crippen LogP contribution in [0.3, 0.4) is 0 Å². The van der Waals surface area contributed by atoms with E-state index < -0.39 is 0 Å². The summed E-state index contributed by atoms with van der Waals surface area (Å²) in [7, 11) is 0. The highest BCUT2D eigenvalue weighted by Crippen LogP contribution is 2.22. The van der Waals surface area contributed by atoms with Crippen LogP contribution in [0.1, 0.15) is 47.5 Å². The molecule has 0 aliphatic rings. The van der Waals surface area contributed by atoms with Gasteiger partial charge in [-0.25, -0.2) is 0 Å². The Kier molecular flexibility index (Phi) is 5.57. The van der Waals surface area contributed by atoms with E-state index in [9.17, 15) is 0 Å². The Bertz CT molecular complexity index is 132. The minimum absolute atomic E-state index is 0.00303. The van der Waals surface area contributed by atoms with E-state index in [2.05, 4.69) is 27.7 Å². The van der Waals surface area contributed by atoms with Gasteiger partial charge < -0.3 is 10.5 Å². The zero-order valence-electron chi connectivity index (χ0n) is 9.76. The highest BCUT2D eigenvalue weighted by atomic mass is 16.5. The fraction of sp³-hybridized carbons (Fsp3) is 1.00. The molecule has 80 valence electrons. The van der Waals surface area contributed by atoms with Crippen molar-refractivity contribution in [3.05, 3.63) is 0 Å². The van der Waals surface area contributed by atoms with E-state index in [-0.39, 0.29) is 5.60 Å². The van der Waals surface area contributed by atoms with E-state index in [1.807, 2.05) is 6.92 Å². The van der Waals surface area contributed by atoms with Gasteiger partial charge in [0.05, 0.1) is 5.60 Å². The molecule has 0 fully saturated rings. The van der Waals surface area contributed by atoms with Crippen LogP contribution in [0.2, 0.25) is 0 Å². The van der Waals surface area contributed by atoms with Gasteiger partial charge in [0.2, 0.25) is 0 Å². The van der Waals surface area contributed by atoms with Crippen LogP contribution in [0.4, 0.5) is 0 Å². The third-order valence-electron chi connectivity index (χ3n) is 2.15. The van der Waals surface area contributed by atoms with Gasteiger partial charge in [-0.3, -0.25) is 0 Å². The standard InChI is InChI=1S/C11H25NO/c1-6-13-11(4,5)8-9(2)7-10(3)12/h9-10H,6-8,12H2,1-5H3. The molecule has 0 rings (SSSR count). The highest BCUT2D eigenvalue weighted by Gasteiger charge is 2.21. The van der Waals surface area contributed by atoms with Gasteiger partial charge in [0, 0.05) is 12.6 Å². The van der Waals surface area contributed by atoms with Crippen molar-refractivity contribution in [2.45, 2.75) is 59.1 Å². The predicted molar refractivity (Wildman–Crippen MR) is 57.8 cm³/mol. The zero-order chi connectivity index (χ0) is 10.5. The maximum absolute atomic E-state index is 5.75. The molecule has 13 heavy (non-hydrogen) atoms. The van der Waals surface area contributed by atoms with Crippen LogP contribution in [0.5, 0.6) is 0 Å². The minimum atomic E-state index is 0.00303. The van der Waals surface area contributed by atoms with Crippen LogP contribution in [0, 0.1) is 5.92 Å². The SMILES string of the molecule is CCOC(C)(C)CC(C)CC(C)N. The molecule has 2 heteroatoms. The first-order valence-electron chi connectivity index (χ1n) is 5.27. The lowest BCUT2D eigenvalue weighted by atomic mass is 9.90. The molecular weight excluding hydrogens is 162 g/mol. The van der Waals surface area contributed by atoms with Crippen LogP contribution in [-0.2, 0) is 4.74 Å². The molecule has 2 atom stereocenters. The Morgan fingerprint density at radius 1 is 1.31 bits per heavy atom. The lowest BCUT2D eigenvalue weighted by Crippen LogP contribution is -2.29. The summed E-state index contributed by atoms with van der Waals surface area (Å²) in [6.45, 7) is 11.4. The van der Waals surface area contributed by atoms with Gasteiger partial charge in [-0.15, -0.1) is 0 Å². The molecule has 2 N–H and O–H groups in total. The maximum Gasteiger partial charge on any atom is 0.0628 e. The zero-order valence-corrected chi connectivity index (χ0v) is 9.76. The molecule has 2 unspecified atom stereocenters. The predicted octanol–water partition coefficient (Wildman–Crippen LogP) is 2.57. The first kappa shape index (κ1) is 12.9. The van der Waals surface area contributed by atoms with Crippen LogP contribution in [0.25, 0.3) is 0 Å². The summed E-state index contributed by atoms with van der Waals surface area (Å²) < 4.78 is 5.64. The van der Waals surface area contributed by atoms with Crippen LogP contribution in [0.15, 0.2) is 0 Å². The largest absolute Gasteiger partial charge is 0.376 e. The van der Waals surface area contributed by atoms with Crippen molar-refractivity contribution in [1.82, 2.24) is 0 Å². The average molecular weight is 187 g/mol. The molecule has 0 aliphatic heterocycles. The van der Waals surface area contributed by atoms with Gasteiger partial charge in [-0.05, 0) is 46.5 Å². The van der Waals surface area contributed by atoms with Gasteiger partial charge in [0.15, 0.2) is 0 Å². The molecule has 0 aromatic rings. The van der Waals surface area contributed by atoms with Crippen molar-refractivity contribution in [1.29, 1.82) is 0 Å². The molecule has 0 bridgehead atoms. The molecule has 0 saturated carbocycles. The molecule has 0 heterocycles. The van der Waals surface area contributed by atoms with Crippen LogP contribution >= 0.6 is 0 Å². The molecule has 0 spiro atoms. The Hall–Kier alpha value is -0.0800. The van der Waals surface area contributed by atoms with Crippen molar-refractivity contribution in [3.8, 4) is 0 Å². The van der Waals surface area contributed by atoms with Crippen molar-refractivity contribution >= 4 is 0 Å².